The summed E-state index contributed by atoms with van der Waals surface area (Å²) in [6.45, 7) is 2.01. The summed E-state index contributed by atoms with van der Waals surface area (Å²) < 4.78 is 1.60. The normalized spacial score (nSPS) is 10.3. The summed E-state index contributed by atoms with van der Waals surface area (Å²) in [6, 6.07) is 17.4. The summed E-state index contributed by atoms with van der Waals surface area (Å²) in [7, 11) is 0. The highest BCUT2D eigenvalue weighted by Gasteiger charge is 2.11. The lowest BCUT2D eigenvalue weighted by atomic mass is 10.2. The van der Waals surface area contributed by atoms with E-state index in [0.717, 1.165) is 10.6 Å². The third-order valence-corrected chi connectivity index (χ3v) is 4.58. The molecule has 2 aromatic carbocycles. The topological polar surface area (TPSA) is 76.0 Å². The zero-order chi connectivity index (χ0) is 18.4. The largest absolute Gasteiger partial charge is 0.272 e. The molecule has 0 aliphatic carbocycles. The van der Waals surface area contributed by atoms with Crippen molar-refractivity contribution in [1.29, 1.82) is 0 Å². The fraction of sp³-hybridized carbons (Fsp3) is 0.105. The van der Waals surface area contributed by atoms with Crippen LogP contribution in [0, 0.1) is 6.92 Å². The minimum atomic E-state index is -0.416. The predicted octanol–water partition coefficient (Wildman–Crippen LogP) is 2.73. The first kappa shape index (κ1) is 17.8. The SMILES string of the molecule is Cc1ccc(SCC(=O)NNC(=O)c2cnn(-c3ccccc3)c2)cc1. The summed E-state index contributed by atoms with van der Waals surface area (Å²) in [5, 5.41) is 4.16. The van der Waals surface area contributed by atoms with E-state index in [1.165, 1.54) is 23.5 Å². The Bertz CT molecular complexity index is 891. The molecule has 0 aliphatic rings. The lowest BCUT2D eigenvalue weighted by Crippen LogP contribution is -2.42. The highest BCUT2D eigenvalue weighted by atomic mass is 32.2. The number of amides is 2. The van der Waals surface area contributed by atoms with Crippen molar-refractivity contribution in [1.82, 2.24) is 20.6 Å². The molecule has 0 saturated heterocycles. The molecule has 0 atom stereocenters. The Labute approximate surface area is 155 Å². The van der Waals surface area contributed by atoms with Gasteiger partial charge in [-0.2, -0.15) is 5.10 Å². The first-order valence-electron chi connectivity index (χ1n) is 8.00. The third kappa shape index (κ3) is 4.73. The van der Waals surface area contributed by atoms with E-state index in [9.17, 15) is 9.59 Å². The van der Waals surface area contributed by atoms with Crippen molar-refractivity contribution in [3.05, 3.63) is 78.1 Å². The van der Waals surface area contributed by atoms with Gasteiger partial charge in [-0.25, -0.2) is 4.68 Å². The summed E-state index contributed by atoms with van der Waals surface area (Å²) in [4.78, 5) is 25.0. The molecule has 3 aromatic rings. The summed E-state index contributed by atoms with van der Waals surface area (Å²) in [5.74, 6) is -0.479. The number of hydrogen-bond donors (Lipinski definition) is 2. The van der Waals surface area contributed by atoms with Gasteiger partial charge in [0.2, 0.25) is 5.91 Å². The van der Waals surface area contributed by atoms with Gasteiger partial charge in [-0.1, -0.05) is 35.9 Å². The molecular formula is C19H18N4O2S. The Morgan fingerprint density at radius 1 is 1.04 bits per heavy atom. The molecule has 2 N–H and O–H groups in total. The molecule has 0 fully saturated rings. The van der Waals surface area contributed by atoms with Gasteiger partial charge in [-0.05, 0) is 31.2 Å². The molecule has 26 heavy (non-hydrogen) atoms. The number of aromatic nitrogens is 2. The Balaban J connectivity index is 1.48. The second-order valence-corrected chi connectivity index (χ2v) is 6.66. The molecule has 0 bridgehead atoms. The maximum Gasteiger partial charge on any atom is 0.272 e. The quantitative estimate of drug-likeness (QED) is 0.538. The Morgan fingerprint density at radius 3 is 2.50 bits per heavy atom. The highest BCUT2D eigenvalue weighted by Crippen LogP contribution is 2.17. The molecule has 0 unspecified atom stereocenters. The number of nitrogens with zero attached hydrogens (tertiary/aromatic N) is 2. The number of aryl methyl sites for hydroxylation is 1. The number of carbonyl (C=O) groups excluding carboxylic acids is 2. The van der Waals surface area contributed by atoms with E-state index >= 15 is 0 Å². The number of hydrogen-bond acceptors (Lipinski definition) is 4. The molecule has 2 amide bonds. The van der Waals surface area contributed by atoms with Crippen molar-refractivity contribution in [2.75, 3.05) is 5.75 Å². The predicted molar refractivity (Wildman–Crippen MR) is 101 cm³/mol. The van der Waals surface area contributed by atoms with Gasteiger partial charge >= 0.3 is 0 Å². The van der Waals surface area contributed by atoms with Crippen LogP contribution in [0.4, 0.5) is 0 Å². The first-order valence-corrected chi connectivity index (χ1v) is 8.99. The van der Waals surface area contributed by atoms with Crippen LogP contribution in [0.3, 0.4) is 0 Å². The van der Waals surface area contributed by atoms with Crippen molar-refractivity contribution in [2.24, 2.45) is 0 Å². The molecule has 7 heteroatoms. The van der Waals surface area contributed by atoms with Crippen LogP contribution in [0.5, 0.6) is 0 Å². The summed E-state index contributed by atoms with van der Waals surface area (Å²) in [5.41, 5.74) is 7.20. The number of nitrogens with one attached hydrogen (secondary N) is 2. The van der Waals surface area contributed by atoms with Crippen LogP contribution >= 0.6 is 11.8 Å². The van der Waals surface area contributed by atoms with E-state index in [0.29, 0.717) is 5.56 Å². The maximum atomic E-state index is 12.1. The van der Waals surface area contributed by atoms with Gasteiger partial charge in [0, 0.05) is 11.1 Å². The second kappa shape index (κ2) is 8.35. The van der Waals surface area contributed by atoms with Crippen LogP contribution in [0.25, 0.3) is 5.69 Å². The van der Waals surface area contributed by atoms with Crippen LogP contribution in [0.1, 0.15) is 15.9 Å². The van der Waals surface area contributed by atoms with Crippen molar-refractivity contribution in [2.45, 2.75) is 11.8 Å². The van der Waals surface area contributed by atoms with Crippen LogP contribution in [-0.4, -0.2) is 27.3 Å². The molecular weight excluding hydrogens is 348 g/mol. The minimum Gasteiger partial charge on any atom is -0.272 e. The van der Waals surface area contributed by atoms with Gasteiger partial charge in [-0.15, -0.1) is 11.8 Å². The standard InChI is InChI=1S/C19H18N4O2S/c1-14-7-9-17(10-8-14)26-13-18(24)21-22-19(25)15-11-20-23(12-15)16-5-3-2-4-6-16/h2-12H,13H2,1H3,(H,21,24)(H,22,25). The van der Waals surface area contributed by atoms with E-state index in [1.54, 1.807) is 10.9 Å². The van der Waals surface area contributed by atoms with E-state index in [4.69, 9.17) is 0 Å². The average Bonchev–Trinajstić information content (AvgIpc) is 3.17. The van der Waals surface area contributed by atoms with Gasteiger partial charge < -0.3 is 0 Å². The first-order chi connectivity index (χ1) is 12.6. The molecule has 0 saturated carbocycles. The number of para-hydroxylation sites is 1. The number of benzene rings is 2. The van der Waals surface area contributed by atoms with Crippen molar-refractivity contribution >= 4 is 23.6 Å². The van der Waals surface area contributed by atoms with Gasteiger partial charge in [0.25, 0.3) is 5.91 Å². The Hall–Kier alpha value is -3.06. The molecule has 0 aliphatic heterocycles. The van der Waals surface area contributed by atoms with Crippen LogP contribution in [-0.2, 0) is 4.79 Å². The minimum absolute atomic E-state index is 0.215. The monoisotopic (exact) mass is 366 g/mol. The zero-order valence-electron chi connectivity index (χ0n) is 14.2. The van der Waals surface area contributed by atoms with Gasteiger partial charge in [-0.3, -0.25) is 20.4 Å². The van der Waals surface area contributed by atoms with Crippen molar-refractivity contribution in [3.8, 4) is 5.69 Å². The average molecular weight is 366 g/mol. The molecule has 6 nitrogen and oxygen atoms in total. The number of rotatable bonds is 5. The van der Waals surface area contributed by atoms with Crippen LogP contribution in [0.2, 0.25) is 0 Å². The van der Waals surface area contributed by atoms with Gasteiger partial charge in [0.1, 0.15) is 0 Å². The molecule has 1 aromatic heterocycles. The highest BCUT2D eigenvalue weighted by molar-refractivity contribution is 8.00. The summed E-state index contributed by atoms with van der Waals surface area (Å²) in [6.07, 6.45) is 3.06. The number of hydrazine groups is 1. The lowest BCUT2D eigenvalue weighted by molar-refractivity contribution is -0.119. The summed E-state index contributed by atoms with van der Waals surface area (Å²) >= 11 is 1.41. The molecule has 1 heterocycles. The van der Waals surface area contributed by atoms with Crippen LogP contribution in [0.15, 0.2) is 71.9 Å². The van der Waals surface area contributed by atoms with E-state index < -0.39 is 5.91 Å². The van der Waals surface area contributed by atoms with Crippen LogP contribution < -0.4 is 10.9 Å². The smallest absolute Gasteiger partial charge is 0.272 e. The van der Waals surface area contributed by atoms with Crippen molar-refractivity contribution < 1.29 is 9.59 Å². The molecule has 0 spiro atoms. The van der Waals surface area contributed by atoms with E-state index in [2.05, 4.69) is 16.0 Å². The molecule has 3 rings (SSSR count). The van der Waals surface area contributed by atoms with Crippen molar-refractivity contribution in [3.63, 3.8) is 0 Å². The molecule has 0 radical (unpaired) electrons. The Morgan fingerprint density at radius 2 is 1.77 bits per heavy atom. The lowest BCUT2D eigenvalue weighted by Gasteiger charge is -2.06. The van der Waals surface area contributed by atoms with Gasteiger partial charge in [0.15, 0.2) is 0 Å². The number of carbonyl (C=O) groups is 2. The van der Waals surface area contributed by atoms with Gasteiger partial charge in [0.05, 0.1) is 23.2 Å². The fourth-order valence-corrected chi connectivity index (χ4v) is 2.88. The van der Waals surface area contributed by atoms with E-state index in [1.807, 2.05) is 61.5 Å². The second-order valence-electron chi connectivity index (χ2n) is 5.61. The zero-order valence-corrected chi connectivity index (χ0v) is 15.0. The number of thioether (sulfide) groups is 1. The van der Waals surface area contributed by atoms with E-state index in [-0.39, 0.29) is 11.7 Å². The third-order valence-electron chi connectivity index (χ3n) is 3.57. The fourth-order valence-electron chi connectivity index (χ4n) is 2.18. The maximum absolute atomic E-state index is 12.1. The molecule has 132 valence electrons. The Kier molecular flexibility index (Phi) is 5.70.